The first-order chi connectivity index (χ1) is 35.0. The van der Waals surface area contributed by atoms with E-state index in [4.69, 9.17) is 14.2 Å². The van der Waals surface area contributed by atoms with Gasteiger partial charge < -0.3 is 14.2 Å². The van der Waals surface area contributed by atoms with E-state index in [0.717, 1.165) is 57.8 Å². The van der Waals surface area contributed by atoms with E-state index in [1.807, 2.05) is 0 Å². The van der Waals surface area contributed by atoms with Crippen molar-refractivity contribution in [3.63, 3.8) is 0 Å². The molecule has 0 aliphatic carbocycles. The number of carbonyl (C=O) groups excluding carboxylic acids is 3. The Labute approximate surface area is 444 Å². The van der Waals surface area contributed by atoms with Crippen LogP contribution in [0.4, 0.5) is 0 Å². The van der Waals surface area contributed by atoms with Crippen LogP contribution in [0.15, 0.2) is 0 Å². The van der Waals surface area contributed by atoms with E-state index in [0.29, 0.717) is 19.3 Å². The van der Waals surface area contributed by atoms with Gasteiger partial charge in [0.2, 0.25) is 0 Å². The zero-order valence-corrected chi connectivity index (χ0v) is 48.5. The largest absolute Gasteiger partial charge is 0.462 e. The molecule has 0 aliphatic heterocycles. The standard InChI is InChI=1S/C65H126O6/c1-4-7-10-13-16-18-20-22-24-26-27-28-29-30-31-32-33-34-35-36-37-38-40-41-43-45-47-49-52-55-58-64(67)70-61-62(60-69-63(66)57-54-51-15-12-9-6-3)71-65(68)59-56-53-50-48-46-44-42-39-25-23-21-19-17-14-11-8-5-2/h62H,4-61H2,1-3H3. The molecule has 71 heavy (non-hydrogen) atoms. The molecule has 0 aromatic rings. The van der Waals surface area contributed by atoms with Crippen LogP contribution in [0.2, 0.25) is 0 Å². The third-order valence-electron chi connectivity index (χ3n) is 15.1. The van der Waals surface area contributed by atoms with Crippen molar-refractivity contribution in [1.82, 2.24) is 0 Å². The van der Waals surface area contributed by atoms with Crippen LogP contribution in [0.3, 0.4) is 0 Å². The molecule has 0 amide bonds. The van der Waals surface area contributed by atoms with Gasteiger partial charge in [0.1, 0.15) is 13.2 Å². The van der Waals surface area contributed by atoms with Crippen molar-refractivity contribution in [1.29, 1.82) is 0 Å². The number of carbonyl (C=O) groups is 3. The van der Waals surface area contributed by atoms with Gasteiger partial charge in [0, 0.05) is 19.3 Å². The van der Waals surface area contributed by atoms with Gasteiger partial charge in [0.15, 0.2) is 6.10 Å². The number of esters is 3. The molecule has 0 aromatic carbocycles. The second kappa shape index (κ2) is 61.0. The zero-order chi connectivity index (χ0) is 51.4. The van der Waals surface area contributed by atoms with Gasteiger partial charge in [-0.2, -0.15) is 0 Å². The van der Waals surface area contributed by atoms with Gasteiger partial charge in [0.25, 0.3) is 0 Å². The molecule has 0 bridgehead atoms. The highest BCUT2D eigenvalue weighted by atomic mass is 16.6. The van der Waals surface area contributed by atoms with Crippen LogP contribution in [0.25, 0.3) is 0 Å². The van der Waals surface area contributed by atoms with Crippen LogP contribution in [0.1, 0.15) is 380 Å². The van der Waals surface area contributed by atoms with E-state index in [1.54, 1.807) is 0 Å². The quantitative estimate of drug-likeness (QED) is 0.0343. The number of hydrogen-bond acceptors (Lipinski definition) is 6. The second-order valence-corrected chi connectivity index (χ2v) is 22.4. The Bertz CT molecular complexity index is 1060. The zero-order valence-electron chi connectivity index (χ0n) is 48.5. The highest BCUT2D eigenvalue weighted by Gasteiger charge is 2.19. The van der Waals surface area contributed by atoms with Crippen LogP contribution in [0.5, 0.6) is 0 Å². The molecule has 0 saturated heterocycles. The molecule has 1 unspecified atom stereocenters. The topological polar surface area (TPSA) is 78.9 Å². The molecule has 0 aromatic heterocycles. The van der Waals surface area contributed by atoms with Crippen LogP contribution >= 0.6 is 0 Å². The van der Waals surface area contributed by atoms with E-state index < -0.39 is 6.10 Å². The minimum atomic E-state index is -0.760. The van der Waals surface area contributed by atoms with E-state index >= 15 is 0 Å². The summed E-state index contributed by atoms with van der Waals surface area (Å²) in [5, 5.41) is 0. The van der Waals surface area contributed by atoms with Gasteiger partial charge in [-0.15, -0.1) is 0 Å². The molecule has 0 fully saturated rings. The van der Waals surface area contributed by atoms with Crippen molar-refractivity contribution in [3.8, 4) is 0 Å². The average molecular weight is 1000 g/mol. The fourth-order valence-electron chi connectivity index (χ4n) is 10.2. The maximum Gasteiger partial charge on any atom is 0.306 e. The molecule has 6 heteroatoms. The number of hydrogen-bond donors (Lipinski definition) is 0. The fraction of sp³-hybridized carbons (Fsp3) is 0.954. The Morgan fingerprint density at radius 1 is 0.225 bits per heavy atom. The van der Waals surface area contributed by atoms with Crippen LogP contribution in [-0.2, 0) is 28.6 Å². The monoisotopic (exact) mass is 1000 g/mol. The van der Waals surface area contributed by atoms with Gasteiger partial charge in [-0.3, -0.25) is 14.4 Å². The van der Waals surface area contributed by atoms with Crippen LogP contribution < -0.4 is 0 Å². The summed E-state index contributed by atoms with van der Waals surface area (Å²) in [6, 6.07) is 0. The summed E-state index contributed by atoms with van der Waals surface area (Å²) in [4.78, 5) is 37.9. The summed E-state index contributed by atoms with van der Waals surface area (Å²) in [5.41, 5.74) is 0. The van der Waals surface area contributed by atoms with Gasteiger partial charge in [-0.25, -0.2) is 0 Å². The Hall–Kier alpha value is -1.59. The molecule has 422 valence electrons. The first-order valence-electron chi connectivity index (χ1n) is 32.5. The lowest BCUT2D eigenvalue weighted by molar-refractivity contribution is -0.167. The molecule has 0 saturated carbocycles. The van der Waals surface area contributed by atoms with Crippen molar-refractivity contribution < 1.29 is 28.6 Å². The maximum absolute atomic E-state index is 12.8. The number of unbranched alkanes of at least 4 members (excludes halogenated alkanes) is 50. The SMILES string of the molecule is CCCCCCCCCCCCCCCCCCCCCCCCCCCCCCCCC(=O)OCC(COC(=O)CCCCCCCC)OC(=O)CCCCCCCCCCCCCCCCCCC. The molecular formula is C65H126O6. The van der Waals surface area contributed by atoms with Crippen LogP contribution in [-0.4, -0.2) is 37.2 Å². The first-order valence-corrected chi connectivity index (χ1v) is 32.5. The fourth-order valence-corrected chi connectivity index (χ4v) is 10.2. The summed E-state index contributed by atoms with van der Waals surface area (Å²) in [5.74, 6) is -0.843. The summed E-state index contributed by atoms with van der Waals surface area (Å²) >= 11 is 0. The number of rotatable bonds is 61. The molecule has 0 spiro atoms. The van der Waals surface area contributed by atoms with Gasteiger partial charge >= 0.3 is 17.9 Å². The summed E-state index contributed by atoms with van der Waals surface area (Å²) in [7, 11) is 0. The van der Waals surface area contributed by atoms with E-state index in [1.165, 1.54) is 283 Å². The average Bonchev–Trinajstić information content (AvgIpc) is 3.37. The lowest BCUT2D eigenvalue weighted by Gasteiger charge is -2.18. The molecule has 1 atom stereocenters. The normalized spacial score (nSPS) is 11.9. The van der Waals surface area contributed by atoms with Crippen molar-refractivity contribution in [2.45, 2.75) is 386 Å². The molecule has 0 heterocycles. The highest BCUT2D eigenvalue weighted by Crippen LogP contribution is 2.19. The molecule has 6 nitrogen and oxygen atoms in total. The van der Waals surface area contributed by atoms with Crippen molar-refractivity contribution in [2.75, 3.05) is 13.2 Å². The molecule has 0 radical (unpaired) electrons. The predicted molar refractivity (Wildman–Crippen MR) is 307 cm³/mol. The Morgan fingerprint density at radius 2 is 0.380 bits per heavy atom. The van der Waals surface area contributed by atoms with Gasteiger partial charge in [0.05, 0.1) is 0 Å². The smallest absolute Gasteiger partial charge is 0.306 e. The minimum Gasteiger partial charge on any atom is -0.462 e. The Morgan fingerprint density at radius 3 is 0.563 bits per heavy atom. The van der Waals surface area contributed by atoms with Gasteiger partial charge in [-0.05, 0) is 19.3 Å². The first kappa shape index (κ1) is 69.4. The molecule has 0 N–H and O–H groups in total. The summed E-state index contributed by atoms with van der Waals surface area (Å²) in [6.07, 6.45) is 70.3. The number of ether oxygens (including phenoxy) is 3. The predicted octanol–water partition coefficient (Wildman–Crippen LogP) is 21.9. The summed E-state index contributed by atoms with van der Waals surface area (Å²) < 4.78 is 16.8. The lowest BCUT2D eigenvalue weighted by atomic mass is 10.0. The van der Waals surface area contributed by atoms with E-state index in [9.17, 15) is 14.4 Å². The lowest BCUT2D eigenvalue weighted by Crippen LogP contribution is -2.30. The van der Waals surface area contributed by atoms with Crippen molar-refractivity contribution in [3.05, 3.63) is 0 Å². The Kier molecular flexibility index (Phi) is 59.6. The van der Waals surface area contributed by atoms with Crippen LogP contribution in [0, 0.1) is 0 Å². The second-order valence-electron chi connectivity index (χ2n) is 22.4. The van der Waals surface area contributed by atoms with E-state index in [-0.39, 0.29) is 31.1 Å². The minimum absolute atomic E-state index is 0.0620. The molecule has 0 aliphatic rings. The highest BCUT2D eigenvalue weighted by molar-refractivity contribution is 5.71. The van der Waals surface area contributed by atoms with E-state index in [2.05, 4.69) is 20.8 Å². The van der Waals surface area contributed by atoms with Gasteiger partial charge in [-0.1, -0.05) is 342 Å². The molecule has 0 rings (SSSR count). The molecular weight excluding hydrogens is 877 g/mol. The third kappa shape index (κ3) is 59.2. The summed E-state index contributed by atoms with van der Waals surface area (Å²) in [6.45, 7) is 6.66. The Balaban J connectivity index is 3.92. The van der Waals surface area contributed by atoms with Crippen molar-refractivity contribution in [2.24, 2.45) is 0 Å². The van der Waals surface area contributed by atoms with Crippen molar-refractivity contribution >= 4 is 17.9 Å². The maximum atomic E-state index is 12.8. The third-order valence-corrected chi connectivity index (χ3v) is 15.1.